The number of halogens is 1. The number of nitrogens with one attached hydrogen (secondary N) is 1. The lowest BCUT2D eigenvalue weighted by atomic mass is 10.1. The largest absolute Gasteiger partial charge is 0.397 e. The van der Waals surface area contributed by atoms with Crippen LogP contribution >= 0.6 is 0 Å². The van der Waals surface area contributed by atoms with Gasteiger partial charge in [0.1, 0.15) is 11.3 Å². The second-order valence-corrected chi connectivity index (χ2v) is 9.29. The number of nitrogens with two attached hydrogens (primary N) is 1. The maximum atomic E-state index is 14.8. The average molecular weight is 447 g/mol. The van der Waals surface area contributed by atoms with Gasteiger partial charge in [-0.1, -0.05) is 13.2 Å². The maximum absolute atomic E-state index is 14.8. The Morgan fingerprint density at radius 2 is 1.88 bits per heavy atom. The van der Waals surface area contributed by atoms with Crippen LogP contribution in [0.4, 0.5) is 21.8 Å². The highest BCUT2D eigenvalue weighted by molar-refractivity contribution is 5.64. The zero-order valence-electron chi connectivity index (χ0n) is 18.4. The predicted octanol–water partition coefficient (Wildman–Crippen LogP) is 3.51. The molecule has 1 saturated carbocycles. The Labute approximate surface area is 191 Å². The minimum absolute atomic E-state index is 0.350. The number of imidazole rings is 1. The number of rotatable bonds is 6. The van der Waals surface area contributed by atoms with Crippen LogP contribution in [-0.4, -0.2) is 49.4 Å². The number of hydrogen-bond donors (Lipinski definition) is 2. The lowest BCUT2D eigenvalue weighted by Crippen LogP contribution is -2.53. The van der Waals surface area contributed by atoms with Crippen molar-refractivity contribution >= 4 is 28.8 Å². The van der Waals surface area contributed by atoms with Gasteiger partial charge in [-0.3, -0.25) is 0 Å². The first kappa shape index (κ1) is 20.0. The van der Waals surface area contributed by atoms with Gasteiger partial charge in [-0.05, 0) is 37.7 Å². The standard InChI is InChI=1S/C24H27FN8/c1-14(26)21-13-31-8-7-17(9-22(31)29-21)28-24-27-10-20(25)23(30-24)32-11-18-5-6-19(12-32)33(18)15(2)16-3-4-16/h7-10,13,16,18-19H,1-6,11-12,26H2,(H,27,28,30)/t18-,19?/m0/s1. The molecule has 3 N–H and O–H groups in total. The minimum atomic E-state index is -0.399. The van der Waals surface area contributed by atoms with Gasteiger partial charge < -0.3 is 25.3 Å². The van der Waals surface area contributed by atoms with E-state index >= 15 is 0 Å². The second kappa shape index (κ2) is 7.47. The second-order valence-electron chi connectivity index (χ2n) is 9.29. The van der Waals surface area contributed by atoms with Crippen molar-refractivity contribution in [3.8, 4) is 0 Å². The van der Waals surface area contributed by atoms with E-state index in [9.17, 15) is 4.39 Å². The zero-order chi connectivity index (χ0) is 22.7. The highest BCUT2D eigenvalue weighted by Crippen LogP contribution is 2.44. The van der Waals surface area contributed by atoms with Crippen LogP contribution in [0.15, 0.2) is 49.6 Å². The molecule has 3 aliphatic rings. The SMILES string of the molecule is C=C(N)c1cn2ccc(Nc3ncc(F)c(N4CC5CC[C@@H](C4)N5C(=C)C4CC4)n3)cc2n1. The Balaban J connectivity index is 1.22. The molecule has 3 fully saturated rings. The topological polar surface area (TPSA) is 87.6 Å². The Kier molecular flexibility index (Phi) is 4.53. The van der Waals surface area contributed by atoms with Crippen molar-refractivity contribution < 1.29 is 4.39 Å². The third-order valence-electron chi connectivity index (χ3n) is 6.93. The molecule has 2 atom stereocenters. The van der Waals surface area contributed by atoms with Gasteiger partial charge in [0, 0.05) is 55.0 Å². The molecule has 6 rings (SSSR count). The number of aromatic nitrogens is 4. The van der Waals surface area contributed by atoms with Crippen LogP contribution in [0.3, 0.4) is 0 Å². The number of nitrogens with zero attached hydrogens (tertiary/aromatic N) is 6. The number of fused-ring (bicyclic) bond motifs is 3. The van der Waals surface area contributed by atoms with E-state index in [-0.39, 0.29) is 0 Å². The summed E-state index contributed by atoms with van der Waals surface area (Å²) in [5.41, 5.74) is 9.55. The van der Waals surface area contributed by atoms with Crippen molar-refractivity contribution in [1.29, 1.82) is 0 Å². The van der Waals surface area contributed by atoms with Crippen molar-refractivity contribution in [2.45, 2.75) is 37.8 Å². The van der Waals surface area contributed by atoms with Gasteiger partial charge in [-0.25, -0.2) is 14.4 Å². The van der Waals surface area contributed by atoms with Gasteiger partial charge in [-0.15, -0.1) is 0 Å². The highest BCUT2D eigenvalue weighted by atomic mass is 19.1. The first-order chi connectivity index (χ1) is 16.0. The molecule has 0 spiro atoms. The third kappa shape index (κ3) is 3.57. The molecule has 3 aromatic heterocycles. The van der Waals surface area contributed by atoms with E-state index in [1.54, 1.807) is 0 Å². The summed E-state index contributed by atoms with van der Waals surface area (Å²) in [7, 11) is 0. The van der Waals surface area contributed by atoms with Gasteiger partial charge in [0.2, 0.25) is 5.95 Å². The number of hydrogen-bond acceptors (Lipinski definition) is 7. The normalized spacial score (nSPS) is 22.1. The Hall–Kier alpha value is -3.62. The maximum Gasteiger partial charge on any atom is 0.229 e. The Bertz CT molecular complexity index is 1250. The summed E-state index contributed by atoms with van der Waals surface area (Å²) in [6.45, 7) is 9.60. The van der Waals surface area contributed by atoms with E-state index in [1.807, 2.05) is 28.9 Å². The molecule has 1 aliphatic carbocycles. The molecule has 1 unspecified atom stereocenters. The summed E-state index contributed by atoms with van der Waals surface area (Å²) in [6.07, 6.45) is 9.66. The molecule has 2 aliphatic heterocycles. The monoisotopic (exact) mass is 446 g/mol. The molecule has 9 heteroatoms. The van der Waals surface area contributed by atoms with Crippen molar-refractivity contribution in [3.63, 3.8) is 0 Å². The van der Waals surface area contributed by atoms with E-state index in [2.05, 4.69) is 43.2 Å². The lowest BCUT2D eigenvalue weighted by Gasteiger charge is -2.44. The van der Waals surface area contributed by atoms with Gasteiger partial charge >= 0.3 is 0 Å². The van der Waals surface area contributed by atoms with E-state index in [4.69, 9.17) is 5.73 Å². The van der Waals surface area contributed by atoms with E-state index in [0.717, 1.165) is 31.6 Å². The minimum Gasteiger partial charge on any atom is -0.397 e. The number of piperazine rings is 1. The number of allylic oxidation sites excluding steroid dienone is 1. The van der Waals surface area contributed by atoms with Crippen LogP contribution in [0.5, 0.6) is 0 Å². The molecule has 0 amide bonds. The van der Waals surface area contributed by atoms with Gasteiger partial charge in [0.05, 0.1) is 11.9 Å². The quantitative estimate of drug-likeness (QED) is 0.599. The summed E-state index contributed by atoms with van der Waals surface area (Å²) in [5, 5.41) is 3.18. The van der Waals surface area contributed by atoms with Gasteiger partial charge in [-0.2, -0.15) is 4.98 Å². The number of pyridine rings is 1. The molecule has 33 heavy (non-hydrogen) atoms. The van der Waals surface area contributed by atoms with Crippen molar-refractivity contribution in [1.82, 2.24) is 24.3 Å². The average Bonchev–Trinajstić information content (AvgIpc) is 3.50. The van der Waals surface area contributed by atoms with Gasteiger partial charge in [0.25, 0.3) is 0 Å². The number of anilines is 3. The van der Waals surface area contributed by atoms with Crippen LogP contribution in [0, 0.1) is 11.7 Å². The predicted molar refractivity (Wildman–Crippen MR) is 126 cm³/mol. The molecule has 0 radical (unpaired) electrons. The first-order valence-corrected chi connectivity index (χ1v) is 11.4. The molecular weight excluding hydrogens is 419 g/mol. The molecule has 3 aromatic rings. The first-order valence-electron chi connectivity index (χ1n) is 11.4. The van der Waals surface area contributed by atoms with Crippen LogP contribution in [-0.2, 0) is 0 Å². The molecule has 8 nitrogen and oxygen atoms in total. The third-order valence-corrected chi connectivity index (χ3v) is 6.93. The summed E-state index contributed by atoms with van der Waals surface area (Å²) in [6, 6.07) is 4.49. The summed E-state index contributed by atoms with van der Waals surface area (Å²) in [5.74, 6) is 0.953. The van der Waals surface area contributed by atoms with Gasteiger partial charge in [0.15, 0.2) is 11.6 Å². The highest BCUT2D eigenvalue weighted by Gasteiger charge is 2.44. The molecule has 2 saturated heterocycles. The van der Waals surface area contributed by atoms with E-state index in [0.29, 0.717) is 46.8 Å². The molecule has 2 bridgehead atoms. The Morgan fingerprint density at radius 1 is 1.12 bits per heavy atom. The smallest absolute Gasteiger partial charge is 0.229 e. The fourth-order valence-electron chi connectivity index (χ4n) is 5.16. The van der Waals surface area contributed by atoms with Crippen LogP contribution < -0.4 is 16.0 Å². The summed E-state index contributed by atoms with van der Waals surface area (Å²) < 4.78 is 16.7. The van der Waals surface area contributed by atoms with Crippen molar-refractivity contribution in [2.75, 3.05) is 23.3 Å². The van der Waals surface area contributed by atoms with Crippen LogP contribution in [0.1, 0.15) is 31.4 Å². The lowest BCUT2D eigenvalue weighted by molar-refractivity contribution is 0.210. The van der Waals surface area contributed by atoms with Crippen molar-refractivity contribution in [3.05, 3.63) is 61.1 Å². The fourth-order valence-corrected chi connectivity index (χ4v) is 5.16. The molecule has 5 heterocycles. The Morgan fingerprint density at radius 3 is 2.58 bits per heavy atom. The molecule has 170 valence electrons. The summed E-state index contributed by atoms with van der Waals surface area (Å²) >= 11 is 0. The van der Waals surface area contributed by atoms with Crippen LogP contribution in [0.2, 0.25) is 0 Å². The van der Waals surface area contributed by atoms with Crippen LogP contribution in [0.25, 0.3) is 11.3 Å². The zero-order valence-corrected chi connectivity index (χ0v) is 18.4. The summed E-state index contributed by atoms with van der Waals surface area (Å²) in [4.78, 5) is 17.7. The molecular formula is C24H27FN8. The van der Waals surface area contributed by atoms with E-state index in [1.165, 1.54) is 24.7 Å². The fraction of sp³-hybridized carbons (Fsp3) is 0.375. The van der Waals surface area contributed by atoms with E-state index < -0.39 is 5.82 Å². The molecule has 0 aromatic carbocycles. The van der Waals surface area contributed by atoms with Crippen molar-refractivity contribution in [2.24, 2.45) is 11.7 Å².